The molecule has 130 valence electrons. The molecular weight excluding hydrogens is 306 g/mol. The maximum absolute atomic E-state index is 12.6. The summed E-state index contributed by atoms with van der Waals surface area (Å²) < 4.78 is 11.4. The van der Waals surface area contributed by atoms with E-state index in [-0.39, 0.29) is 5.91 Å². The zero-order valence-electron chi connectivity index (χ0n) is 14.0. The van der Waals surface area contributed by atoms with Gasteiger partial charge in [-0.25, -0.2) is 4.98 Å². The van der Waals surface area contributed by atoms with Crippen LogP contribution in [0.4, 0.5) is 5.69 Å². The molecule has 3 aliphatic rings. The number of ether oxygens (including phenoxy) is 2. The third-order valence-corrected chi connectivity index (χ3v) is 5.33. The van der Waals surface area contributed by atoms with E-state index in [1.54, 1.807) is 6.20 Å². The molecule has 0 aromatic carbocycles. The second-order valence-electron chi connectivity index (χ2n) is 6.96. The second kappa shape index (κ2) is 6.69. The van der Waals surface area contributed by atoms with Crippen LogP contribution in [-0.2, 0) is 9.47 Å². The van der Waals surface area contributed by atoms with Gasteiger partial charge in [-0.15, -0.1) is 0 Å². The van der Waals surface area contributed by atoms with E-state index in [9.17, 15) is 4.79 Å². The number of anilines is 1. The third-order valence-electron chi connectivity index (χ3n) is 5.33. The number of hydrogen-bond donors (Lipinski definition) is 1. The maximum atomic E-state index is 12.6. The summed E-state index contributed by atoms with van der Waals surface area (Å²) in [5, 5.41) is 3.50. The van der Waals surface area contributed by atoms with E-state index in [4.69, 9.17) is 9.47 Å². The number of pyridine rings is 1. The van der Waals surface area contributed by atoms with Crippen molar-refractivity contribution in [1.82, 2.24) is 9.88 Å². The Hall–Kier alpha value is -1.66. The van der Waals surface area contributed by atoms with Crippen LogP contribution in [0.1, 0.15) is 49.0 Å². The molecule has 6 nitrogen and oxygen atoms in total. The predicted octanol–water partition coefficient (Wildman–Crippen LogP) is 2.42. The normalized spacial score (nSPS) is 23.8. The molecule has 2 saturated heterocycles. The summed E-state index contributed by atoms with van der Waals surface area (Å²) in [6.07, 6.45) is 8.29. The van der Waals surface area contributed by atoms with Crippen molar-refractivity contribution in [2.24, 2.45) is 0 Å². The van der Waals surface area contributed by atoms with Crippen molar-refractivity contribution in [2.75, 3.05) is 31.6 Å². The Labute approximate surface area is 142 Å². The first-order valence-corrected chi connectivity index (χ1v) is 9.04. The number of nitrogens with zero attached hydrogens (tertiary/aromatic N) is 2. The van der Waals surface area contributed by atoms with Gasteiger partial charge in [0.1, 0.15) is 5.69 Å². The van der Waals surface area contributed by atoms with E-state index in [1.165, 1.54) is 25.7 Å². The Morgan fingerprint density at radius 3 is 2.50 bits per heavy atom. The third kappa shape index (κ3) is 3.26. The minimum atomic E-state index is -0.445. The van der Waals surface area contributed by atoms with Gasteiger partial charge in [0.2, 0.25) is 0 Å². The van der Waals surface area contributed by atoms with Crippen LogP contribution in [0, 0.1) is 0 Å². The topological polar surface area (TPSA) is 63.7 Å². The molecule has 1 amide bonds. The molecule has 2 aliphatic heterocycles. The first kappa shape index (κ1) is 15.8. The van der Waals surface area contributed by atoms with E-state index >= 15 is 0 Å². The highest BCUT2D eigenvalue weighted by Gasteiger charge is 2.41. The number of rotatable bonds is 3. The fourth-order valence-electron chi connectivity index (χ4n) is 3.91. The average molecular weight is 331 g/mol. The highest BCUT2D eigenvalue weighted by atomic mass is 16.7. The van der Waals surface area contributed by atoms with E-state index in [2.05, 4.69) is 10.3 Å². The van der Waals surface area contributed by atoms with Crippen LogP contribution in [0.3, 0.4) is 0 Å². The summed E-state index contributed by atoms with van der Waals surface area (Å²) in [6.45, 7) is 2.63. The van der Waals surface area contributed by atoms with Gasteiger partial charge in [0.25, 0.3) is 5.91 Å². The lowest BCUT2D eigenvalue weighted by Crippen LogP contribution is -2.47. The number of carbonyl (C=O) groups excluding carboxylic acids is 1. The Morgan fingerprint density at radius 2 is 1.88 bits per heavy atom. The monoisotopic (exact) mass is 331 g/mol. The second-order valence-corrected chi connectivity index (χ2v) is 6.96. The molecule has 1 aromatic heterocycles. The predicted molar refractivity (Wildman–Crippen MR) is 89.9 cm³/mol. The first-order valence-electron chi connectivity index (χ1n) is 9.04. The number of piperidine rings is 1. The molecule has 0 atom stereocenters. The highest BCUT2D eigenvalue weighted by molar-refractivity contribution is 5.92. The van der Waals surface area contributed by atoms with Crippen LogP contribution in [0.15, 0.2) is 18.3 Å². The van der Waals surface area contributed by atoms with Crippen LogP contribution in [-0.4, -0.2) is 53.9 Å². The first-order chi connectivity index (χ1) is 11.7. The largest absolute Gasteiger partial charge is 0.381 e. The summed E-state index contributed by atoms with van der Waals surface area (Å²) >= 11 is 0. The summed E-state index contributed by atoms with van der Waals surface area (Å²) in [5.74, 6) is -0.450. The molecule has 1 N–H and O–H groups in total. The highest BCUT2D eigenvalue weighted by Crippen LogP contribution is 2.31. The van der Waals surface area contributed by atoms with Crippen molar-refractivity contribution in [3.8, 4) is 0 Å². The van der Waals surface area contributed by atoms with E-state index in [0.29, 0.717) is 38.0 Å². The van der Waals surface area contributed by atoms with E-state index in [0.717, 1.165) is 18.5 Å². The molecule has 0 bridgehead atoms. The number of amides is 1. The SMILES string of the molecule is O=C(c1ccc(NC2CCCC2)cn1)N1CCC2(CC1)OCCO2. The minimum Gasteiger partial charge on any atom is -0.381 e. The van der Waals surface area contributed by atoms with Gasteiger partial charge in [0.05, 0.1) is 25.1 Å². The van der Waals surface area contributed by atoms with Crippen LogP contribution in [0.5, 0.6) is 0 Å². The number of likely N-dealkylation sites (tertiary alicyclic amines) is 1. The Morgan fingerprint density at radius 1 is 1.17 bits per heavy atom. The number of nitrogens with one attached hydrogen (secondary N) is 1. The standard InChI is InChI=1S/C18H25N3O3/c22-17(21-9-7-18(8-10-21)23-11-12-24-18)16-6-5-15(13-19-16)20-14-3-1-2-4-14/h5-6,13-14,20H,1-4,7-12H2. The van der Waals surface area contributed by atoms with E-state index in [1.807, 2.05) is 17.0 Å². The lowest BCUT2D eigenvalue weighted by molar-refractivity contribution is -0.181. The molecule has 1 saturated carbocycles. The molecule has 1 spiro atoms. The zero-order chi connectivity index (χ0) is 16.4. The van der Waals surface area contributed by atoms with Crippen molar-refractivity contribution in [3.05, 3.63) is 24.0 Å². The quantitative estimate of drug-likeness (QED) is 0.921. The minimum absolute atomic E-state index is 0.00439. The zero-order valence-corrected chi connectivity index (χ0v) is 14.0. The Kier molecular flexibility index (Phi) is 4.41. The molecule has 1 aliphatic carbocycles. The van der Waals surface area contributed by atoms with Gasteiger partial charge in [0, 0.05) is 32.0 Å². The molecule has 6 heteroatoms. The molecular formula is C18H25N3O3. The van der Waals surface area contributed by atoms with Crippen molar-refractivity contribution in [3.63, 3.8) is 0 Å². The molecule has 0 unspecified atom stereocenters. The van der Waals surface area contributed by atoms with Crippen molar-refractivity contribution < 1.29 is 14.3 Å². The molecule has 3 heterocycles. The van der Waals surface area contributed by atoms with Crippen LogP contribution < -0.4 is 5.32 Å². The Bertz CT molecular complexity index is 568. The van der Waals surface area contributed by atoms with Crippen molar-refractivity contribution in [2.45, 2.75) is 50.4 Å². The molecule has 0 radical (unpaired) electrons. The average Bonchev–Trinajstić information content (AvgIpc) is 3.28. The molecule has 1 aromatic rings. The van der Waals surface area contributed by atoms with E-state index < -0.39 is 5.79 Å². The maximum Gasteiger partial charge on any atom is 0.272 e. The van der Waals surface area contributed by atoms with Crippen molar-refractivity contribution in [1.29, 1.82) is 0 Å². The van der Waals surface area contributed by atoms with Crippen molar-refractivity contribution >= 4 is 11.6 Å². The fourth-order valence-corrected chi connectivity index (χ4v) is 3.91. The van der Waals surface area contributed by atoms with Gasteiger partial charge in [-0.1, -0.05) is 12.8 Å². The lowest BCUT2D eigenvalue weighted by atomic mass is 10.0. The summed E-state index contributed by atoms with van der Waals surface area (Å²) in [4.78, 5) is 18.8. The molecule has 24 heavy (non-hydrogen) atoms. The number of carbonyl (C=O) groups is 1. The van der Waals surface area contributed by atoms with Gasteiger partial charge >= 0.3 is 0 Å². The van der Waals surface area contributed by atoms with Gasteiger partial charge in [-0.05, 0) is 25.0 Å². The Balaban J connectivity index is 1.34. The van der Waals surface area contributed by atoms with Crippen LogP contribution >= 0.6 is 0 Å². The smallest absolute Gasteiger partial charge is 0.272 e. The summed E-state index contributed by atoms with van der Waals surface area (Å²) in [5.41, 5.74) is 1.51. The number of hydrogen-bond acceptors (Lipinski definition) is 5. The van der Waals surface area contributed by atoms with Gasteiger partial charge < -0.3 is 19.7 Å². The van der Waals surface area contributed by atoms with Crippen LogP contribution in [0.25, 0.3) is 0 Å². The summed E-state index contributed by atoms with van der Waals surface area (Å²) in [7, 11) is 0. The molecule has 3 fully saturated rings. The fraction of sp³-hybridized carbons (Fsp3) is 0.667. The van der Waals surface area contributed by atoms with Gasteiger partial charge in [-0.3, -0.25) is 4.79 Å². The van der Waals surface area contributed by atoms with Gasteiger partial charge in [-0.2, -0.15) is 0 Å². The van der Waals surface area contributed by atoms with Gasteiger partial charge in [0.15, 0.2) is 5.79 Å². The number of aromatic nitrogens is 1. The summed E-state index contributed by atoms with van der Waals surface area (Å²) in [6, 6.07) is 4.35. The lowest BCUT2D eigenvalue weighted by Gasteiger charge is -2.37. The van der Waals surface area contributed by atoms with Crippen LogP contribution in [0.2, 0.25) is 0 Å². The molecule has 4 rings (SSSR count).